The van der Waals surface area contributed by atoms with Crippen molar-refractivity contribution in [1.82, 2.24) is 4.31 Å². The summed E-state index contributed by atoms with van der Waals surface area (Å²) in [6, 6.07) is 0. The number of rotatable bonds is 2. The molecular formula is C13H19NO3S. The molecule has 1 saturated heterocycles. The molecule has 1 heterocycles. The van der Waals surface area contributed by atoms with E-state index in [0.717, 1.165) is 0 Å². The van der Waals surface area contributed by atoms with Gasteiger partial charge in [-0.1, -0.05) is 38.2 Å². The van der Waals surface area contributed by atoms with Crippen LogP contribution in [0.15, 0.2) is 35.3 Å². The third kappa shape index (κ3) is 2.91. The van der Waals surface area contributed by atoms with Gasteiger partial charge in [0.1, 0.15) is 0 Å². The van der Waals surface area contributed by atoms with Crippen LogP contribution in [0, 0.1) is 5.41 Å². The van der Waals surface area contributed by atoms with Crippen molar-refractivity contribution in [3.05, 3.63) is 35.3 Å². The molecule has 0 aromatic heterocycles. The van der Waals surface area contributed by atoms with Gasteiger partial charge in [0.2, 0.25) is 10.0 Å². The highest BCUT2D eigenvalue weighted by Crippen LogP contribution is 2.28. The summed E-state index contributed by atoms with van der Waals surface area (Å²) in [5.41, 5.74) is -0.252. The Bertz CT molecular complexity index is 494. The first-order valence-electron chi connectivity index (χ1n) is 6.08. The van der Waals surface area contributed by atoms with Crippen LogP contribution in [0.1, 0.15) is 13.8 Å². The lowest BCUT2D eigenvalue weighted by Gasteiger charge is -2.27. The molecule has 0 aromatic carbocycles. The highest BCUT2D eigenvalue weighted by molar-refractivity contribution is 7.93. The molecule has 4 nitrogen and oxygen atoms in total. The molecule has 5 heteroatoms. The van der Waals surface area contributed by atoms with Crippen LogP contribution in [0.25, 0.3) is 0 Å². The van der Waals surface area contributed by atoms with Crippen LogP contribution in [-0.2, 0) is 14.8 Å². The number of ether oxygens (including phenoxy) is 1. The molecule has 0 amide bonds. The van der Waals surface area contributed by atoms with E-state index >= 15 is 0 Å². The van der Waals surface area contributed by atoms with Crippen LogP contribution in [0.4, 0.5) is 0 Å². The van der Waals surface area contributed by atoms with Crippen molar-refractivity contribution in [2.45, 2.75) is 13.8 Å². The molecule has 0 saturated carbocycles. The quantitative estimate of drug-likeness (QED) is 0.766. The topological polar surface area (TPSA) is 46.6 Å². The van der Waals surface area contributed by atoms with E-state index in [1.54, 1.807) is 18.2 Å². The van der Waals surface area contributed by atoms with Gasteiger partial charge in [-0.25, -0.2) is 8.42 Å². The minimum absolute atomic E-state index is 0.252. The van der Waals surface area contributed by atoms with E-state index in [-0.39, 0.29) is 5.41 Å². The van der Waals surface area contributed by atoms with Gasteiger partial charge in [-0.05, 0) is 6.08 Å². The van der Waals surface area contributed by atoms with E-state index < -0.39 is 10.0 Å². The molecule has 0 N–H and O–H groups in total. The summed E-state index contributed by atoms with van der Waals surface area (Å²) >= 11 is 0. The van der Waals surface area contributed by atoms with Gasteiger partial charge in [0, 0.05) is 18.5 Å². The van der Waals surface area contributed by atoms with Crippen LogP contribution in [-0.4, -0.2) is 39.0 Å². The Morgan fingerprint density at radius 1 is 1.22 bits per heavy atom. The lowest BCUT2D eigenvalue weighted by Crippen LogP contribution is -2.41. The van der Waals surface area contributed by atoms with Gasteiger partial charge >= 0.3 is 0 Å². The predicted octanol–water partition coefficient (Wildman–Crippen LogP) is 1.68. The molecule has 1 fully saturated rings. The van der Waals surface area contributed by atoms with E-state index in [9.17, 15) is 8.42 Å². The van der Waals surface area contributed by atoms with Gasteiger partial charge in [0.05, 0.1) is 18.1 Å². The molecular weight excluding hydrogens is 250 g/mol. The molecule has 0 unspecified atom stereocenters. The normalized spacial score (nSPS) is 24.7. The van der Waals surface area contributed by atoms with Crippen molar-refractivity contribution in [1.29, 1.82) is 0 Å². The molecule has 0 atom stereocenters. The SMILES string of the molecule is CC1(C)C=CC=CC(S(=O)(=O)N2CCOCC2)=C1. The van der Waals surface area contributed by atoms with Crippen molar-refractivity contribution in [3.8, 4) is 0 Å². The molecule has 0 radical (unpaired) electrons. The number of sulfonamides is 1. The predicted molar refractivity (Wildman–Crippen MR) is 71.5 cm³/mol. The second-order valence-corrected chi connectivity index (χ2v) is 7.04. The summed E-state index contributed by atoms with van der Waals surface area (Å²) in [4.78, 5) is 0.374. The van der Waals surface area contributed by atoms with Gasteiger partial charge in [-0.3, -0.25) is 0 Å². The number of allylic oxidation sites excluding steroid dienone is 5. The van der Waals surface area contributed by atoms with Crippen LogP contribution in [0.2, 0.25) is 0 Å². The maximum atomic E-state index is 12.5. The molecule has 1 aliphatic carbocycles. The van der Waals surface area contributed by atoms with E-state index in [0.29, 0.717) is 31.2 Å². The Labute approximate surface area is 109 Å². The van der Waals surface area contributed by atoms with Gasteiger partial charge in [0.15, 0.2) is 0 Å². The first-order chi connectivity index (χ1) is 8.42. The van der Waals surface area contributed by atoms with E-state index in [4.69, 9.17) is 4.74 Å². The first-order valence-corrected chi connectivity index (χ1v) is 7.52. The zero-order valence-electron chi connectivity index (χ0n) is 10.8. The average Bonchev–Trinajstić information content (AvgIpc) is 2.51. The van der Waals surface area contributed by atoms with Crippen LogP contribution >= 0.6 is 0 Å². The van der Waals surface area contributed by atoms with E-state index in [2.05, 4.69) is 0 Å². The van der Waals surface area contributed by atoms with Crippen molar-refractivity contribution < 1.29 is 13.2 Å². The lowest BCUT2D eigenvalue weighted by molar-refractivity contribution is 0.0734. The standard InChI is InChI=1S/C13H19NO3S/c1-13(2)6-4-3-5-12(11-13)18(15,16)14-7-9-17-10-8-14/h3-6,11H,7-10H2,1-2H3. The average molecular weight is 269 g/mol. The summed E-state index contributed by atoms with van der Waals surface area (Å²) in [5.74, 6) is 0. The fourth-order valence-corrected chi connectivity index (χ4v) is 3.64. The van der Waals surface area contributed by atoms with Gasteiger partial charge in [0.25, 0.3) is 0 Å². The maximum Gasteiger partial charge on any atom is 0.242 e. The molecule has 0 spiro atoms. The van der Waals surface area contributed by atoms with Crippen LogP contribution in [0.3, 0.4) is 0 Å². The number of nitrogens with zero attached hydrogens (tertiary/aromatic N) is 1. The highest BCUT2D eigenvalue weighted by Gasteiger charge is 2.29. The Morgan fingerprint density at radius 3 is 2.56 bits per heavy atom. The van der Waals surface area contributed by atoms with Gasteiger partial charge in [-0.15, -0.1) is 0 Å². The summed E-state index contributed by atoms with van der Waals surface area (Å²) in [7, 11) is -3.39. The molecule has 2 aliphatic rings. The molecule has 2 rings (SSSR count). The lowest BCUT2D eigenvalue weighted by atomic mass is 9.93. The maximum absolute atomic E-state index is 12.5. The summed E-state index contributed by atoms with van der Waals surface area (Å²) in [6.07, 6.45) is 9.12. The second-order valence-electron chi connectivity index (χ2n) is 5.10. The minimum atomic E-state index is -3.39. The molecule has 1 aliphatic heterocycles. The van der Waals surface area contributed by atoms with Crippen molar-refractivity contribution in [2.75, 3.05) is 26.3 Å². The Kier molecular flexibility index (Phi) is 3.75. The third-order valence-corrected chi connectivity index (χ3v) is 4.91. The third-order valence-electron chi connectivity index (χ3n) is 3.02. The molecule has 0 aromatic rings. The molecule has 100 valence electrons. The first kappa shape index (κ1) is 13.5. The van der Waals surface area contributed by atoms with Crippen LogP contribution < -0.4 is 0 Å². The van der Waals surface area contributed by atoms with E-state index in [1.807, 2.05) is 26.0 Å². The summed E-state index contributed by atoms with van der Waals surface area (Å²) in [6.45, 7) is 5.79. The second kappa shape index (κ2) is 4.99. The Balaban J connectivity index is 2.32. The molecule has 18 heavy (non-hydrogen) atoms. The monoisotopic (exact) mass is 269 g/mol. The van der Waals surface area contributed by atoms with Crippen molar-refractivity contribution >= 4 is 10.0 Å². The van der Waals surface area contributed by atoms with Crippen molar-refractivity contribution in [3.63, 3.8) is 0 Å². The van der Waals surface area contributed by atoms with Crippen molar-refractivity contribution in [2.24, 2.45) is 5.41 Å². The zero-order valence-corrected chi connectivity index (χ0v) is 11.6. The summed E-state index contributed by atoms with van der Waals surface area (Å²) in [5, 5.41) is 0. The Morgan fingerprint density at radius 2 is 1.89 bits per heavy atom. The minimum Gasteiger partial charge on any atom is -0.379 e. The zero-order chi connectivity index (χ0) is 13.2. The fourth-order valence-electron chi connectivity index (χ4n) is 2.01. The van der Waals surface area contributed by atoms with Crippen LogP contribution in [0.5, 0.6) is 0 Å². The number of morpholine rings is 1. The van der Waals surface area contributed by atoms with Gasteiger partial charge in [-0.2, -0.15) is 4.31 Å². The van der Waals surface area contributed by atoms with E-state index in [1.165, 1.54) is 4.31 Å². The number of hydrogen-bond acceptors (Lipinski definition) is 3. The van der Waals surface area contributed by atoms with Gasteiger partial charge < -0.3 is 4.74 Å². The number of hydrogen-bond donors (Lipinski definition) is 0. The summed E-state index contributed by atoms with van der Waals surface area (Å²) < 4.78 is 31.7. The fraction of sp³-hybridized carbons (Fsp3) is 0.538. The Hall–Kier alpha value is -0.910. The smallest absolute Gasteiger partial charge is 0.242 e. The molecule has 0 bridgehead atoms. The largest absolute Gasteiger partial charge is 0.379 e. The highest BCUT2D eigenvalue weighted by atomic mass is 32.2.